The van der Waals surface area contributed by atoms with Crippen LogP contribution >= 0.6 is 11.6 Å². The fraction of sp³-hybridized carbons (Fsp3) is 0.500. The first kappa shape index (κ1) is 15.0. The molecule has 18 heavy (non-hydrogen) atoms. The van der Waals surface area contributed by atoms with Crippen molar-refractivity contribution in [3.05, 3.63) is 34.9 Å². The van der Waals surface area contributed by atoms with E-state index in [2.05, 4.69) is 0 Å². The summed E-state index contributed by atoms with van der Waals surface area (Å²) in [5.74, 6) is -0.162. The molecule has 0 aliphatic carbocycles. The van der Waals surface area contributed by atoms with E-state index in [4.69, 9.17) is 16.3 Å². The van der Waals surface area contributed by atoms with E-state index >= 15 is 0 Å². The van der Waals surface area contributed by atoms with Crippen molar-refractivity contribution < 1.29 is 9.53 Å². The number of hydrogen-bond acceptors (Lipinski definition) is 3. The van der Waals surface area contributed by atoms with Gasteiger partial charge in [0.05, 0.1) is 6.61 Å². The van der Waals surface area contributed by atoms with Gasteiger partial charge in [-0.3, -0.25) is 9.69 Å². The number of carbonyl (C=O) groups excluding carboxylic acids is 1. The van der Waals surface area contributed by atoms with Gasteiger partial charge in [0.25, 0.3) is 0 Å². The lowest BCUT2D eigenvalue weighted by Crippen LogP contribution is -2.38. The van der Waals surface area contributed by atoms with Crippen LogP contribution in [-0.2, 0) is 16.1 Å². The van der Waals surface area contributed by atoms with Crippen LogP contribution in [0, 0.1) is 0 Å². The van der Waals surface area contributed by atoms with Crippen molar-refractivity contribution in [2.45, 2.75) is 32.9 Å². The molecule has 3 nitrogen and oxygen atoms in total. The van der Waals surface area contributed by atoms with Gasteiger partial charge in [0.15, 0.2) is 0 Å². The summed E-state index contributed by atoms with van der Waals surface area (Å²) >= 11 is 5.94. The maximum Gasteiger partial charge on any atom is 0.323 e. The first-order valence-corrected chi connectivity index (χ1v) is 6.57. The molecule has 0 aromatic heterocycles. The van der Waals surface area contributed by atoms with Crippen LogP contribution < -0.4 is 0 Å². The molecule has 0 saturated heterocycles. The molecule has 0 saturated carbocycles. The van der Waals surface area contributed by atoms with Crippen LogP contribution in [0.2, 0.25) is 5.02 Å². The van der Waals surface area contributed by atoms with Gasteiger partial charge in [0.2, 0.25) is 0 Å². The number of carbonyl (C=O) groups is 1. The summed E-state index contributed by atoms with van der Waals surface area (Å²) in [7, 11) is 1.92. The second kappa shape index (κ2) is 7.39. The van der Waals surface area contributed by atoms with Gasteiger partial charge in [0.1, 0.15) is 6.04 Å². The van der Waals surface area contributed by atoms with E-state index in [9.17, 15) is 4.79 Å². The van der Waals surface area contributed by atoms with Crippen molar-refractivity contribution in [3.8, 4) is 0 Å². The summed E-state index contributed by atoms with van der Waals surface area (Å²) in [6, 6.07) is 7.46. The van der Waals surface area contributed by atoms with E-state index in [1.54, 1.807) is 0 Å². The van der Waals surface area contributed by atoms with Gasteiger partial charge in [-0.15, -0.1) is 0 Å². The summed E-state index contributed by atoms with van der Waals surface area (Å²) in [5, 5.41) is 0.713. The van der Waals surface area contributed by atoms with Crippen LogP contribution in [0.3, 0.4) is 0 Å². The normalized spacial score (nSPS) is 12.5. The Labute approximate surface area is 114 Å². The quantitative estimate of drug-likeness (QED) is 0.743. The molecule has 0 aliphatic heterocycles. The third-order valence-electron chi connectivity index (χ3n) is 2.80. The molecule has 0 heterocycles. The Balaban J connectivity index is 2.67. The predicted octanol–water partition coefficient (Wildman–Crippen LogP) is 3.11. The number of hydrogen-bond donors (Lipinski definition) is 0. The third kappa shape index (κ3) is 4.31. The van der Waals surface area contributed by atoms with Crippen molar-refractivity contribution in [1.82, 2.24) is 4.90 Å². The van der Waals surface area contributed by atoms with Gasteiger partial charge in [-0.25, -0.2) is 0 Å². The summed E-state index contributed by atoms with van der Waals surface area (Å²) in [4.78, 5) is 13.8. The lowest BCUT2D eigenvalue weighted by atomic mass is 10.1. The largest absolute Gasteiger partial charge is 0.465 e. The summed E-state index contributed by atoms with van der Waals surface area (Å²) < 4.78 is 5.07. The fourth-order valence-electron chi connectivity index (χ4n) is 1.93. The van der Waals surface area contributed by atoms with Crippen LogP contribution in [0.5, 0.6) is 0 Å². The Morgan fingerprint density at radius 1 is 1.44 bits per heavy atom. The Bertz CT molecular complexity index is 395. The molecular weight excluding hydrogens is 250 g/mol. The van der Waals surface area contributed by atoms with Gasteiger partial charge in [-0.05, 0) is 38.1 Å². The van der Waals surface area contributed by atoms with E-state index in [0.29, 0.717) is 18.2 Å². The highest BCUT2D eigenvalue weighted by Gasteiger charge is 2.22. The highest BCUT2D eigenvalue weighted by atomic mass is 35.5. The second-order valence-corrected chi connectivity index (χ2v) is 4.66. The first-order chi connectivity index (χ1) is 8.58. The lowest BCUT2D eigenvalue weighted by Gasteiger charge is -2.25. The summed E-state index contributed by atoms with van der Waals surface area (Å²) in [6.07, 6.45) is 0.732. The topological polar surface area (TPSA) is 29.5 Å². The smallest absolute Gasteiger partial charge is 0.323 e. The molecule has 1 aromatic carbocycles. The Kier molecular flexibility index (Phi) is 6.16. The molecule has 1 aromatic rings. The molecule has 0 fully saturated rings. The van der Waals surface area contributed by atoms with Crippen LogP contribution in [-0.4, -0.2) is 30.6 Å². The van der Waals surface area contributed by atoms with E-state index < -0.39 is 0 Å². The minimum Gasteiger partial charge on any atom is -0.465 e. The van der Waals surface area contributed by atoms with E-state index in [-0.39, 0.29) is 12.0 Å². The van der Waals surface area contributed by atoms with Gasteiger partial charge >= 0.3 is 5.97 Å². The number of esters is 1. The van der Waals surface area contributed by atoms with Crippen LogP contribution in [0.1, 0.15) is 25.8 Å². The van der Waals surface area contributed by atoms with Crippen molar-refractivity contribution in [1.29, 1.82) is 0 Å². The van der Waals surface area contributed by atoms with E-state index in [1.807, 2.05) is 50.1 Å². The zero-order valence-corrected chi connectivity index (χ0v) is 11.9. The Morgan fingerprint density at radius 3 is 2.72 bits per heavy atom. The molecule has 4 heteroatoms. The molecule has 1 unspecified atom stereocenters. The number of benzene rings is 1. The van der Waals surface area contributed by atoms with Gasteiger partial charge in [-0.2, -0.15) is 0 Å². The van der Waals surface area contributed by atoms with E-state index in [1.165, 1.54) is 0 Å². The number of halogens is 1. The average Bonchev–Trinajstić information content (AvgIpc) is 2.30. The monoisotopic (exact) mass is 269 g/mol. The molecule has 100 valence electrons. The molecule has 1 rings (SSSR count). The van der Waals surface area contributed by atoms with E-state index in [0.717, 1.165) is 12.0 Å². The summed E-state index contributed by atoms with van der Waals surface area (Å²) in [6.45, 7) is 4.90. The standard InChI is InChI=1S/C14H20ClNO2/c1-4-13(14(17)18-5-2)16(3)10-11-7-6-8-12(15)9-11/h6-9,13H,4-5,10H2,1-3H3. The van der Waals surface area contributed by atoms with Crippen LogP contribution in [0.4, 0.5) is 0 Å². The molecular formula is C14H20ClNO2. The van der Waals surface area contributed by atoms with Crippen molar-refractivity contribution in [3.63, 3.8) is 0 Å². The second-order valence-electron chi connectivity index (χ2n) is 4.22. The number of likely N-dealkylation sites (N-methyl/N-ethyl adjacent to an activating group) is 1. The highest BCUT2D eigenvalue weighted by Crippen LogP contribution is 2.14. The fourth-order valence-corrected chi connectivity index (χ4v) is 2.14. The zero-order valence-electron chi connectivity index (χ0n) is 11.1. The van der Waals surface area contributed by atoms with Crippen molar-refractivity contribution in [2.75, 3.05) is 13.7 Å². The van der Waals surface area contributed by atoms with Gasteiger partial charge < -0.3 is 4.74 Å². The maximum absolute atomic E-state index is 11.8. The molecule has 0 radical (unpaired) electrons. The van der Waals surface area contributed by atoms with Crippen LogP contribution in [0.25, 0.3) is 0 Å². The van der Waals surface area contributed by atoms with Crippen LogP contribution in [0.15, 0.2) is 24.3 Å². The summed E-state index contributed by atoms with van der Waals surface area (Å²) in [5.41, 5.74) is 1.09. The van der Waals surface area contributed by atoms with Gasteiger partial charge in [0, 0.05) is 11.6 Å². The lowest BCUT2D eigenvalue weighted by molar-refractivity contribution is -0.149. The molecule has 1 atom stereocenters. The predicted molar refractivity (Wildman–Crippen MR) is 73.6 cm³/mol. The Morgan fingerprint density at radius 2 is 2.17 bits per heavy atom. The minimum absolute atomic E-state index is 0.162. The third-order valence-corrected chi connectivity index (χ3v) is 3.03. The number of rotatable bonds is 6. The Hall–Kier alpha value is -1.06. The first-order valence-electron chi connectivity index (χ1n) is 6.19. The molecule has 0 N–H and O–H groups in total. The molecule has 0 bridgehead atoms. The molecule has 0 amide bonds. The average molecular weight is 270 g/mol. The molecule has 0 spiro atoms. The minimum atomic E-state index is -0.205. The van der Waals surface area contributed by atoms with Gasteiger partial charge in [-0.1, -0.05) is 30.7 Å². The number of nitrogens with zero attached hydrogens (tertiary/aromatic N) is 1. The zero-order chi connectivity index (χ0) is 13.5. The SMILES string of the molecule is CCOC(=O)C(CC)N(C)Cc1cccc(Cl)c1. The molecule has 0 aliphatic rings. The number of ether oxygens (including phenoxy) is 1. The maximum atomic E-state index is 11.8. The van der Waals surface area contributed by atoms with Crippen molar-refractivity contribution in [2.24, 2.45) is 0 Å². The highest BCUT2D eigenvalue weighted by molar-refractivity contribution is 6.30. The van der Waals surface area contributed by atoms with Crippen molar-refractivity contribution >= 4 is 17.6 Å².